The minimum Gasteiger partial charge on any atom is -0.456 e. The van der Waals surface area contributed by atoms with Crippen LogP contribution in [0.15, 0.2) is 0 Å². The van der Waals surface area contributed by atoms with Crippen LogP contribution in [0.3, 0.4) is 0 Å². The summed E-state index contributed by atoms with van der Waals surface area (Å²) in [6.45, 7) is -0.563. The lowest BCUT2D eigenvalue weighted by Gasteiger charge is -2.55. The normalized spacial score (nSPS) is 41.3. The van der Waals surface area contributed by atoms with Gasteiger partial charge in [0.1, 0.15) is 6.54 Å². The topological polar surface area (TPSA) is 80.8 Å². The zero-order chi connectivity index (χ0) is 19.5. The van der Waals surface area contributed by atoms with E-state index in [9.17, 15) is 19.2 Å². The van der Waals surface area contributed by atoms with Gasteiger partial charge in [0.25, 0.3) is 0 Å². The van der Waals surface area contributed by atoms with Gasteiger partial charge in [-0.2, -0.15) is 0 Å². The molecule has 152 valence electrons. The maximum absolute atomic E-state index is 12.9. The lowest BCUT2D eigenvalue weighted by atomic mass is 9.48. The third-order valence-electron chi connectivity index (χ3n) is 8.21. The number of ketones is 1. The van der Waals surface area contributed by atoms with E-state index in [-0.39, 0.29) is 48.0 Å². The van der Waals surface area contributed by atoms with E-state index >= 15 is 0 Å². The molecule has 0 aromatic heterocycles. The number of carbonyl (C=O) groups is 4. The molecule has 1 saturated heterocycles. The number of fused-ring (bicyclic) bond motifs is 1. The number of amides is 2. The molecule has 6 heteroatoms. The zero-order valence-electron chi connectivity index (χ0n) is 16.4. The van der Waals surface area contributed by atoms with E-state index in [0.717, 1.165) is 49.8 Å². The predicted octanol–water partition coefficient (Wildman–Crippen LogP) is 2.49. The summed E-state index contributed by atoms with van der Waals surface area (Å²) in [5, 5.41) is 0. The quantitative estimate of drug-likeness (QED) is 0.535. The highest BCUT2D eigenvalue weighted by atomic mass is 16.5. The average molecular weight is 387 g/mol. The second-order valence-corrected chi connectivity index (χ2v) is 10.0. The number of hydrogen-bond donors (Lipinski definition) is 0. The van der Waals surface area contributed by atoms with Crippen LogP contribution in [0, 0.1) is 35.0 Å². The molecule has 28 heavy (non-hydrogen) atoms. The van der Waals surface area contributed by atoms with E-state index in [1.165, 1.54) is 19.3 Å². The molecular weight excluding hydrogens is 358 g/mol. The van der Waals surface area contributed by atoms with Gasteiger partial charge in [-0.3, -0.25) is 24.1 Å². The molecule has 4 bridgehead atoms. The van der Waals surface area contributed by atoms with Gasteiger partial charge < -0.3 is 4.74 Å². The van der Waals surface area contributed by atoms with E-state index in [1.807, 2.05) is 0 Å². The van der Waals surface area contributed by atoms with Crippen molar-refractivity contribution in [2.24, 2.45) is 35.0 Å². The lowest BCUT2D eigenvalue weighted by Crippen LogP contribution is -2.51. The van der Waals surface area contributed by atoms with Crippen molar-refractivity contribution in [3.8, 4) is 0 Å². The van der Waals surface area contributed by atoms with E-state index in [2.05, 4.69) is 0 Å². The molecule has 1 aliphatic heterocycles. The summed E-state index contributed by atoms with van der Waals surface area (Å²) in [6, 6.07) is 0. The van der Waals surface area contributed by atoms with E-state index < -0.39 is 5.97 Å². The van der Waals surface area contributed by atoms with Crippen molar-refractivity contribution < 1.29 is 23.9 Å². The van der Waals surface area contributed by atoms with Crippen LogP contribution in [0.4, 0.5) is 0 Å². The van der Waals surface area contributed by atoms with Crippen LogP contribution in [0.1, 0.15) is 64.2 Å². The number of ether oxygens (including phenoxy) is 1. The van der Waals surface area contributed by atoms with Gasteiger partial charge in [-0.25, -0.2) is 0 Å². The minimum atomic E-state index is -0.640. The first-order chi connectivity index (χ1) is 13.4. The molecule has 1 heterocycles. The second kappa shape index (κ2) is 6.67. The summed E-state index contributed by atoms with van der Waals surface area (Å²) < 4.78 is 5.27. The minimum absolute atomic E-state index is 0.0488. The summed E-state index contributed by atoms with van der Waals surface area (Å²) in [7, 11) is 0. The van der Waals surface area contributed by atoms with Crippen molar-refractivity contribution in [3.05, 3.63) is 0 Å². The smallest absolute Gasteiger partial charge is 0.326 e. The Bertz CT molecular complexity index is 669. The Balaban J connectivity index is 1.17. The van der Waals surface area contributed by atoms with Gasteiger partial charge in [0.2, 0.25) is 11.8 Å². The number of esters is 1. The maximum Gasteiger partial charge on any atom is 0.326 e. The fraction of sp³-hybridized carbons (Fsp3) is 0.818. The Kier molecular flexibility index (Phi) is 4.36. The first-order valence-electron chi connectivity index (χ1n) is 11.0. The number of rotatable bonds is 5. The van der Waals surface area contributed by atoms with E-state index in [0.29, 0.717) is 17.8 Å². The molecule has 6 aliphatic rings. The average Bonchev–Trinajstić information content (AvgIpc) is 2.90. The highest BCUT2D eigenvalue weighted by Gasteiger charge is 2.54. The molecular formula is C22H29NO5. The monoisotopic (exact) mass is 387 g/mol. The summed E-state index contributed by atoms with van der Waals surface area (Å²) in [5.74, 6) is 0.395. The third kappa shape index (κ3) is 2.91. The first-order valence-corrected chi connectivity index (χ1v) is 11.0. The summed E-state index contributed by atoms with van der Waals surface area (Å²) >= 11 is 0. The van der Waals surface area contributed by atoms with E-state index in [1.54, 1.807) is 0 Å². The highest BCUT2D eigenvalue weighted by Crippen LogP contribution is 2.60. The van der Waals surface area contributed by atoms with Crippen LogP contribution in [0.2, 0.25) is 0 Å². The van der Waals surface area contributed by atoms with Gasteiger partial charge >= 0.3 is 5.97 Å². The first kappa shape index (κ1) is 18.3. The number of imide groups is 1. The number of likely N-dealkylation sites (tertiary alicyclic amines) is 1. The van der Waals surface area contributed by atoms with Crippen molar-refractivity contribution in [1.82, 2.24) is 4.90 Å². The molecule has 0 aromatic carbocycles. The molecule has 2 atom stereocenters. The molecule has 0 N–H and O–H groups in total. The Labute approximate surface area is 165 Å². The van der Waals surface area contributed by atoms with Crippen molar-refractivity contribution in [3.63, 3.8) is 0 Å². The van der Waals surface area contributed by atoms with Gasteiger partial charge in [-0.15, -0.1) is 0 Å². The van der Waals surface area contributed by atoms with Crippen molar-refractivity contribution >= 4 is 23.6 Å². The molecule has 6 nitrogen and oxygen atoms in total. The van der Waals surface area contributed by atoms with Crippen LogP contribution in [-0.2, 0) is 23.9 Å². The standard InChI is InChI=1S/C22H29NO5/c24-18(22-8-13-5-14(9-22)7-15(6-13)10-22)12-28-19(25)11-23-20(26)16-3-1-2-4-17(16)21(23)27/h13-17H,1-12H2. The number of Topliss-reactive ketones (excluding diaryl/α,β-unsaturated/α-hetero) is 1. The maximum atomic E-state index is 12.9. The molecule has 2 unspecified atom stereocenters. The lowest BCUT2D eigenvalue weighted by molar-refractivity contribution is -0.160. The highest BCUT2D eigenvalue weighted by molar-refractivity contribution is 6.07. The SMILES string of the molecule is O=C(CN1C(=O)C2CCCCC2C1=O)OCC(=O)C12CC3CC(CC(C3)C1)C2. The molecule has 0 radical (unpaired) electrons. The molecule has 0 aromatic rings. The van der Waals surface area contributed by atoms with Crippen LogP contribution < -0.4 is 0 Å². The van der Waals surface area contributed by atoms with Gasteiger partial charge in [0.15, 0.2) is 12.4 Å². The van der Waals surface area contributed by atoms with Crippen molar-refractivity contribution in [2.75, 3.05) is 13.2 Å². The Morgan fingerprint density at radius 3 is 1.89 bits per heavy atom. The van der Waals surface area contributed by atoms with E-state index in [4.69, 9.17) is 4.74 Å². The molecule has 0 spiro atoms. The molecule has 5 aliphatic carbocycles. The Morgan fingerprint density at radius 1 is 0.893 bits per heavy atom. The van der Waals surface area contributed by atoms with Crippen molar-refractivity contribution in [2.45, 2.75) is 64.2 Å². The molecule has 5 saturated carbocycles. The van der Waals surface area contributed by atoms with Gasteiger partial charge in [0, 0.05) is 5.41 Å². The number of carbonyl (C=O) groups excluding carboxylic acids is 4. The van der Waals surface area contributed by atoms with Gasteiger partial charge in [-0.1, -0.05) is 12.8 Å². The summed E-state index contributed by atoms with van der Waals surface area (Å²) in [6.07, 6.45) is 9.98. The van der Waals surface area contributed by atoms with Gasteiger partial charge in [0.05, 0.1) is 11.8 Å². The molecule has 6 rings (SSSR count). The zero-order valence-corrected chi connectivity index (χ0v) is 16.4. The summed E-state index contributed by atoms with van der Waals surface area (Å²) in [5.41, 5.74) is -0.288. The fourth-order valence-corrected chi connectivity index (χ4v) is 7.31. The van der Waals surface area contributed by atoms with Gasteiger partial charge in [-0.05, 0) is 69.1 Å². The second-order valence-electron chi connectivity index (χ2n) is 10.0. The van der Waals surface area contributed by atoms with Crippen molar-refractivity contribution in [1.29, 1.82) is 0 Å². The third-order valence-corrected chi connectivity index (χ3v) is 8.21. The molecule has 2 amide bonds. The molecule has 6 fully saturated rings. The number of nitrogens with zero attached hydrogens (tertiary/aromatic N) is 1. The van der Waals surface area contributed by atoms with Crippen LogP contribution in [0.5, 0.6) is 0 Å². The predicted molar refractivity (Wildman–Crippen MR) is 98.7 cm³/mol. The van der Waals surface area contributed by atoms with Crippen LogP contribution in [0.25, 0.3) is 0 Å². The van der Waals surface area contributed by atoms with Crippen LogP contribution in [-0.4, -0.2) is 41.6 Å². The fourth-order valence-electron chi connectivity index (χ4n) is 7.31. The summed E-state index contributed by atoms with van der Waals surface area (Å²) in [4.78, 5) is 51.3. The largest absolute Gasteiger partial charge is 0.456 e. The van der Waals surface area contributed by atoms with Crippen LogP contribution >= 0.6 is 0 Å². The Morgan fingerprint density at radius 2 is 1.39 bits per heavy atom. The Hall–Kier alpha value is -1.72. The number of hydrogen-bond acceptors (Lipinski definition) is 5.